The van der Waals surface area contributed by atoms with Crippen LogP contribution < -0.4 is 5.32 Å². The highest BCUT2D eigenvalue weighted by Gasteiger charge is 2.31. The Balaban J connectivity index is 1.76. The van der Waals surface area contributed by atoms with Crippen molar-refractivity contribution in [2.24, 2.45) is 5.41 Å². The van der Waals surface area contributed by atoms with Gasteiger partial charge in [-0.05, 0) is 46.3 Å². The highest BCUT2D eigenvalue weighted by molar-refractivity contribution is 9.10. The summed E-state index contributed by atoms with van der Waals surface area (Å²) in [6.45, 7) is 3.28. The van der Waals surface area contributed by atoms with Crippen LogP contribution in [0.4, 0.5) is 5.95 Å². The molecule has 0 amide bonds. The Labute approximate surface area is 109 Å². The first-order valence-electron chi connectivity index (χ1n) is 5.91. The Morgan fingerprint density at radius 2 is 2.29 bits per heavy atom. The molecule has 0 radical (unpaired) electrons. The molecule has 2 aromatic rings. The van der Waals surface area contributed by atoms with E-state index >= 15 is 0 Å². The van der Waals surface area contributed by atoms with E-state index in [2.05, 4.69) is 38.3 Å². The number of fused-ring (bicyclic) bond motifs is 1. The van der Waals surface area contributed by atoms with Gasteiger partial charge in [-0.3, -0.25) is 0 Å². The van der Waals surface area contributed by atoms with Crippen molar-refractivity contribution < 1.29 is 0 Å². The molecule has 17 heavy (non-hydrogen) atoms. The predicted molar refractivity (Wildman–Crippen MR) is 71.1 cm³/mol. The average molecular weight is 295 g/mol. The molecule has 1 N–H and O–H groups in total. The molecule has 0 saturated heterocycles. The first-order valence-corrected chi connectivity index (χ1v) is 6.70. The number of nitrogens with one attached hydrogen (secondary N) is 1. The van der Waals surface area contributed by atoms with Gasteiger partial charge in [-0.2, -0.15) is 4.98 Å². The van der Waals surface area contributed by atoms with Crippen molar-refractivity contribution in [1.82, 2.24) is 14.6 Å². The molecule has 1 aliphatic carbocycles. The van der Waals surface area contributed by atoms with Crippen molar-refractivity contribution in [2.75, 3.05) is 11.9 Å². The minimum absolute atomic E-state index is 0.443. The van der Waals surface area contributed by atoms with Crippen LogP contribution in [0, 0.1) is 5.41 Å². The van der Waals surface area contributed by atoms with Crippen LogP contribution in [0.25, 0.3) is 5.65 Å². The zero-order chi connectivity index (χ0) is 11.9. The number of halogens is 1. The van der Waals surface area contributed by atoms with Gasteiger partial charge in [0, 0.05) is 17.2 Å². The molecule has 90 valence electrons. The topological polar surface area (TPSA) is 42.2 Å². The van der Waals surface area contributed by atoms with Crippen molar-refractivity contribution in [3.05, 3.63) is 22.8 Å². The number of anilines is 1. The molecular weight excluding hydrogens is 280 g/mol. The van der Waals surface area contributed by atoms with Gasteiger partial charge in [0.25, 0.3) is 0 Å². The van der Waals surface area contributed by atoms with Gasteiger partial charge in [0.15, 0.2) is 5.65 Å². The van der Waals surface area contributed by atoms with E-state index < -0.39 is 0 Å². The van der Waals surface area contributed by atoms with Crippen LogP contribution in [0.1, 0.15) is 26.2 Å². The molecule has 5 heteroatoms. The number of rotatable bonds is 3. The Hall–Kier alpha value is -1.10. The van der Waals surface area contributed by atoms with Crippen molar-refractivity contribution in [1.29, 1.82) is 0 Å². The standard InChI is InChI=1S/C12H15BrN4/c1-12(5-2-6-12)8-14-11-15-10-4-3-9(13)7-17(10)16-11/h3-4,7H,2,5-6,8H2,1H3,(H,14,16). The van der Waals surface area contributed by atoms with Crippen LogP contribution in [0.5, 0.6) is 0 Å². The summed E-state index contributed by atoms with van der Waals surface area (Å²) >= 11 is 3.42. The molecule has 1 fully saturated rings. The van der Waals surface area contributed by atoms with Crippen LogP contribution >= 0.6 is 15.9 Å². The molecule has 0 aliphatic heterocycles. The summed E-state index contributed by atoms with van der Waals surface area (Å²) < 4.78 is 2.79. The van der Waals surface area contributed by atoms with Gasteiger partial charge in [0.05, 0.1) is 0 Å². The maximum Gasteiger partial charge on any atom is 0.243 e. The monoisotopic (exact) mass is 294 g/mol. The van der Waals surface area contributed by atoms with E-state index in [4.69, 9.17) is 0 Å². The van der Waals surface area contributed by atoms with Gasteiger partial charge in [-0.25, -0.2) is 4.52 Å². The molecule has 0 aromatic carbocycles. The molecule has 2 aromatic heterocycles. The van der Waals surface area contributed by atoms with Crippen LogP contribution in [0.2, 0.25) is 0 Å². The van der Waals surface area contributed by atoms with E-state index in [0.29, 0.717) is 5.41 Å². The molecule has 1 saturated carbocycles. The summed E-state index contributed by atoms with van der Waals surface area (Å²) in [5.74, 6) is 0.719. The Morgan fingerprint density at radius 3 is 3.00 bits per heavy atom. The lowest BCUT2D eigenvalue weighted by Crippen LogP contribution is -2.33. The molecule has 1 aliphatic rings. The zero-order valence-corrected chi connectivity index (χ0v) is 11.4. The fraction of sp³-hybridized carbons (Fsp3) is 0.500. The summed E-state index contributed by atoms with van der Waals surface area (Å²) in [6, 6.07) is 3.92. The number of nitrogens with zero attached hydrogens (tertiary/aromatic N) is 3. The third kappa shape index (κ3) is 2.16. The van der Waals surface area contributed by atoms with Crippen molar-refractivity contribution in [3.8, 4) is 0 Å². The second kappa shape index (κ2) is 3.98. The fourth-order valence-corrected chi connectivity index (χ4v) is 2.51. The van der Waals surface area contributed by atoms with Crippen LogP contribution in [-0.2, 0) is 0 Å². The Kier molecular flexibility index (Phi) is 2.58. The summed E-state index contributed by atoms with van der Waals surface area (Å²) in [5, 5.41) is 7.74. The quantitative estimate of drug-likeness (QED) is 0.946. The normalized spacial score (nSPS) is 18.0. The Bertz CT molecular complexity index is 544. The van der Waals surface area contributed by atoms with Crippen molar-refractivity contribution in [3.63, 3.8) is 0 Å². The molecule has 0 atom stereocenters. The van der Waals surface area contributed by atoms with Crippen LogP contribution in [0.15, 0.2) is 22.8 Å². The molecule has 0 bridgehead atoms. The van der Waals surface area contributed by atoms with Gasteiger partial charge < -0.3 is 5.32 Å². The number of aromatic nitrogens is 3. The fourth-order valence-electron chi connectivity index (χ4n) is 2.18. The minimum atomic E-state index is 0.443. The van der Waals surface area contributed by atoms with Crippen molar-refractivity contribution in [2.45, 2.75) is 26.2 Å². The summed E-state index contributed by atoms with van der Waals surface area (Å²) in [5.41, 5.74) is 1.31. The minimum Gasteiger partial charge on any atom is -0.352 e. The number of hydrogen-bond donors (Lipinski definition) is 1. The second-order valence-corrected chi connectivity index (χ2v) is 6.02. The van der Waals surface area contributed by atoms with E-state index in [9.17, 15) is 0 Å². The van der Waals surface area contributed by atoms with Gasteiger partial charge in [0.2, 0.25) is 5.95 Å². The lowest BCUT2D eigenvalue weighted by atomic mass is 9.70. The molecule has 3 rings (SSSR count). The van der Waals surface area contributed by atoms with Gasteiger partial charge >= 0.3 is 0 Å². The molecule has 0 unspecified atom stereocenters. The lowest BCUT2D eigenvalue weighted by molar-refractivity contribution is 0.179. The summed E-state index contributed by atoms with van der Waals surface area (Å²) in [4.78, 5) is 4.44. The first-order chi connectivity index (χ1) is 8.15. The molecular formula is C12H15BrN4. The zero-order valence-electron chi connectivity index (χ0n) is 9.78. The summed E-state index contributed by atoms with van der Waals surface area (Å²) in [6.07, 6.45) is 5.88. The third-order valence-electron chi connectivity index (χ3n) is 3.53. The SMILES string of the molecule is CC1(CNc2nc3ccc(Br)cn3n2)CCC1. The average Bonchev–Trinajstić information content (AvgIpc) is 2.65. The van der Waals surface area contributed by atoms with Crippen molar-refractivity contribution >= 4 is 27.5 Å². The highest BCUT2D eigenvalue weighted by Crippen LogP contribution is 2.39. The molecule has 2 heterocycles. The second-order valence-electron chi connectivity index (χ2n) is 5.10. The molecule has 4 nitrogen and oxygen atoms in total. The van der Waals surface area contributed by atoms with Gasteiger partial charge in [0.1, 0.15) is 0 Å². The predicted octanol–water partition coefficient (Wildman–Crippen LogP) is 3.09. The third-order valence-corrected chi connectivity index (χ3v) is 4.00. The van der Waals surface area contributed by atoms with Gasteiger partial charge in [-0.1, -0.05) is 13.3 Å². The number of hydrogen-bond acceptors (Lipinski definition) is 3. The van der Waals surface area contributed by atoms with Gasteiger partial charge in [-0.15, -0.1) is 5.10 Å². The maximum atomic E-state index is 4.44. The van der Waals surface area contributed by atoms with E-state index in [0.717, 1.165) is 22.6 Å². The van der Waals surface area contributed by atoms with Crippen LogP contribution in [0.3, 0.4) is 0 Å². The smallest absolute Gasteiger partial charge is 0.243 e. The largest absolute Gasteiger partial charge is 0.352 e. The number of pyridine rings is 1. The maximum absolute atomic E-state index is 4.44. The van der Waals surface area contributed by atoms with Crippen LogP contribution in [-0.4, -0.2) is 21.1 Å². The van der Waals surface area contributed by atoms with E-state index in [1.807, 2.05) is 18.3 Å². The van der Waals surface area contributed by atoms with E-state index in [-0.39, 0.29) is 0 Å². The highest BCUT2D eigenvalue weighted by atomic mass is 79.9. The summed E-state index contributed by atoms with van der Waals surface area (Å²) in [7, 11) is 0. The molecule has 0 spiro atoms. The lowest BCUT2D eigenvalue weighted by Gasteiger charge is -2.38. The first kappa shape index (κ1) is 11.0. The van der Waals surface area contributed by atoms with E-state index in [1.54, 1.807) is 4.52 Å². The Morgan fingerprint density at radius 1 is 1.47 bits per heavy atom. The van der Waals surface area contributed by atoms with E-state index in [1.165, 1.54) is 19.3 Å².